The molecular weight excluding hydrogens is 302 g/mol. The first-order chi connectivity index (χ1) is 11.8. The maximum absolute atomic E-state index is 12.4. The lowest BCUT2D eigenvalue weighted by atomic mass is 10.2. The zero-order chi connectivity index (χ0) is 16.4. The predicted molar refractivity (Wildman–Crippen MR) is 91.5 cm³/mol. The van der Waals surface area contributed by atoms with Crippen molar-refractivity contribution in [2.75, 3.05) is 13.1 Å². The summed E-state index contributed by atoms with van der Waals surface area (Å²) in [5, 5.41) is 11.7. The number of hydrogen-bond acceptors (Lipinski definition) is 3. The Hall–Kier alpha value is -2.37. The van der Waals surface area contributed by atoms with Crippen LogP contribution in [0.2, 0.25) is 0 Å². The Labute approximate surface area is 141 Å². The molecule has 126 valence electrons. The van der Waals surface area contributed by atoms with Crippen LogP contribution in [0, 0.1) is 0 Å². The van der Waals surface area contributed by atoms with Gasteiger partial charge in [0.1, 0.15) is 5.69 Å². The summed E-state index contributed by atoms with van der Waals surface area (Å²) < 4.78 is 1.91. The van der Waals surface area contributed by atoms with Crippen LogP contribution >= 0.6 is 0 Å². The standard InChI is InChI=1S/C18H23N5O/c24-18(19-15-8-4-5-9-15)22-11-10-16(12-22)23-13-17(20-21-23)14-6-2-1-3-7-14/h1-3,6-7,13,15-16H,4-5,8-12H2,(H,19,24). The van der Waals surface area contributed by atoms with Gasteiger partial charge in [-0.2, -0.15) is 0 Å². The molecule has 0 spiro atoms. The molecule has 1 aliphatic heterocycles. The van der Waals surface area contributed by atoms with Crippen molar-refractivity contribution in [3.05, 3.63) is 36.5 Å². The van der Waals surface area contributed by atoms with E-state index in [1.165, 1.54) is 12.8 Å². The van der Waals surface area contributed by atoms with E-state index in [9.17, 15) is 4.79 Å². The average Bonchev–Trinajstić information content (AvgIpc) is 3.36. The van der Waals surface area contributed by atoms with Crippen molar-refractivity contribution in [3.63, 3.8) is 0 Å². The second-order valence-corrected chi connectivity index (χ2v) is 6.77. The largest absolute Gasteiger partial charge is 0.335 e. The molecule has 2 amide bonds. The fraction of sp³-hybridized carbons (Fsp3) is 0.500. The number of carbonyl (C=O) groups excluding carboxylic acids is 1. The minimum atomic E-state index is 0.0767. The summed E-state index contributed by atoms with van der Waals surface area (Å²) in [6.45, 7) is 1.49. The molecule has 1 aromatic heterocycles. The van der Waals surface area contributed by atoms with Gasteiger partial charge in [-0.3, -0.25) is 0 Å². The number of nitrogens with one attached hydrogen (secondary N) is 1. The lowest BCUT2D eigenvalue weighted by Crippen LogP contribution is -2.43. The summed E-state index contributed by atoms with van der Waals surface area (Å²) in [5.74, 6) is 0. The molecular formula is C18H23N5O. The van der Waals surface area contributed by atoms with Crippen molar-refractivity contribution < 1.29 is 4.79 Å². The number of nitrogens with zero attached hydrogens (tertiary/aromatic N) is 4. The first-order valence-corrected chi connectivity index (χ1v) is 8.82. The summed E-state index contributed by atoms with van der Waals surface area (Å²) in [4.78, 5) is 14.3. The van der Waals surface area contributed by atoms with E-state index in [-0.39, 0.29) is 12.1 Å². The van der Waals surface area contributed by atoms with E-state index in [1.54, 1.807) is 0 Å². The quantitative estimate of drug-likeness (QED) is 0.944. The van der Waals surface area contributed by atoms with Gasteiger partial charge in [-0.25, -0.2) is 9.48 Å². The molecule has 6 heteroatoms. The van der Waals surface area contributed by atoms with Crippen molar-refractivity contribution >= 4 is 6.03 Å². The van der Waals surface area contributed by atoms with Gasteiger partial charge in [-0.05, 0) is 19.3 Å². The van der Waals surface area contributed by atoms with Crippen LogP contribution < -0.4 is 5.32 Å². The van der Waals surface area contributed by atoms with Gasteiger partial charge in [-0.1, -0.05) is 48.4 Å². The van der Waals surface area contributed by atoms with E-state index in [0.29, 0.717) is 12.6 Å². The van der Waals surface area contributed by atoms with Crippen molar-refractivity contribution in [3.8, 4) is 11.3 Å². The molecule has 24 heavy (non-hydrogen) atoms. The second kappa shape index (κ2) is 6.63. The highest BCUT2D eigenvalue weighted by molar-refractivity contribution is 5.74. The number of likely N-dealkylation sites (tertiary alicyclic amines) is 1. The first-order valence-electron chi connectivity index (χ1n) is 8.82. The molecule has 1 atom stereocenters. The highest BCUT2D eigenvalue weighted by atomic mass is 16.2. The summed E-state index contributed by atoms with van der Waals surface area (Å²) in [5.41, 5.74) is 1.95. The smallest absolute Gasteiger partial charge is 0.317 e. The molecule has 1 unspecified atom stereocenters. The maximum atomic E-state index is 12.4. The van der Waals surface area contributed by atoms with Gasteiger partial charge in [-0.15, -0.1) is 5.10 Å². The molecule has 2 aromatic rings. The van der Waals surface area contributed by atoms with Crippen LogP contribution in [-0.4, -0.2) is 45.1 Å². The fourth-order valence-corrected chi connectivity index (χ4v) is 3.67. The van der Waals surface area contributed by atoms with E-state index in [0.717, 1.165) is 37.1 Å². The topological polar surface area (TPSA) is 63.1 Å². The number of benzene rings is 1. The molecule has 1 N–H and O–H groups in total. The Balaban J connectivity index is 1.38. The van der Waals surface area contributed by atoms with Gasteiger partial charge in [0.2, 0.25) is 0 Å². The second-order valence-electron chi connectivity index (χ2n) is 6.77. The normalized spacial score (nSPS) is 21.3. The highest BCUT2D eigenvalue weighted by Crippen LogP contribution is 2.24. The third-order valence-corrected chi connectivity index (χ3v) is 5.09. The lowest BCUT2D eigenvalue weighted by Gasteiger charge is -2.20. The number of rotatable bonds is 3. The third-order valence-electron chi connectivity index (χ3n) is 5.09. The van der Waals surface area contributed by atoms with Crippen LogP contribution in [0.25, 0.3) is 11.3 Å². The number of urea groups is 1. The molecule has 2 aliphatic rings. The molecule has 4 rings (SSSR count). The summed E-state index contributed by atoms with van der Waals surface area (Å²) in [6, 6.07) is 10.7. The third kappa shape index (κ3) is 3.13. The van der Waals surface area contributed by atoms with Crippen molar-refractivity contribution in [2.24, 2.45) is 0 Å². The number of amides is 2. The zero-order valence-electron chi connectivity index (χ0n) is 13.8. The van der Waals surface area contributed by atoms with Crippen molar-refractivity contribution in [1.82, 2.24) is 25.2 Å². The molecule has 1 aliphatic carbocycles. The Kier molecular flexibility index (Phi) is 4.19. The van der Waals surface area contributed by atoms with Crippen molar-refractivity contribution in [2.45, 2.75) is 44.2 Å². The van der Waals surface area contributed by atoms with Crippen LogP contribution in [0.1, 0.15) is 38.1 Å². The SMILES string of the molecule is O=C(NC1CCCC1)N1CCC(n2cc(-c3ccccc3)nn2)C1. The maximum Gasteiger partial charge on any atom is 0.317 e. The Morgan fingerprint density at radius 1 is 1.12 bits per heavy atom. The summed E-state index contributed by atoms with van der Waals surface area (Å²) in [7, 11) is 0. The molecule has 2 fully saturated rings. The Morgan fingerprint density at radius 3 is 2.71 bits per heavy atom. The highest BCUT2D eigenvalue weighted by Gasteiger charge is 2.29. The summed E-state index contributed by atoms with van der Waals surface area (Å²) >= 11 is 0. The molecule has 6 nitrogen and oxygen atoms in total. The van der Waals surface area contributed by atoms with Gasteiger partial charge in [0.25, 0.3) is 0 Å². The number of carbonyl (C=O) groups is 1. The Morgan fingerprint density at radius 2 is 1.92 bits per heavy atom. The minimum Gasteiger partial charge on any atom is -0.335 e. The van der Waals surface area contributed by atoms with Crippen LogP contribution in [0.15, 0.2) is 36.5 Å². The molecule has 0 bridgehead atoms. The molecule has 1 aromatic carbocycles. The van der Waals surface area contributed by atoms with Crippen LogP contribution in [-0.2, 0) is 0 Å². The van der Waals surface area contributed by atoms with Gasteiger partial charge >= 0.3 is 6.03 Å². The van der Waals surface area contributed by atoms with E-state index >= 15 is 0 Å². The summed E-state index contributed by atoms with van der Waals surface area (Å²) in [6.07, 6.45) is 7.61. The Bertz CT molecular complexity index is 692. The van der Waals surface area contributed by atoms with Gasteiger partial charge < -0.3 is 10.2 Å². The molecule has 1 saturated heterocycles. The van der Waals surface area contributed by atoms with E-state index < -0.39 is 0 Å². The predicted octanol–water partition coefficient (Wildman–Crippen LogP) is 2.84. The van der Waals surface area contributed by atoms with Gasteiger partial charge in [0.15, 0.2) is 0 Å². The minimum absolute atomic E-state index is 0.0767. The lowest BCUT2D eigenvalue weighted by molar-refractivity contribution is 0.202. The fourth-order valence-electron chi connectivity index (χ4n) is 3.67. The van der Waals surface area contributed by atoms with E-state index in [1.807, 2.05) is 46.1 Å². The van der Waals surface area contributed by atoms with Gasteiger partial charge in [0.05, 0.1) is 12.2 Å². The monoisotopic (exact) mass is 325 g/mol. The first kappa shape index (κ1) is 15.2. The van der Waals surface area contributed by atoms with Crippen LogP contribution in [0.3, 0.4) is 0 Å². The molecule has 0 radical (unpaired) electrons. The zero-order valence-corrected chi connectivity index (χ0v) is 13.8. The van der Waals surface area contributed by atoms with Crippen molar-refractivity contribution in [1.29, 1.82) is 0 Å². The number of hydrogen-bond donors (Lipinski definition) is 1. The number of aromatic nitrogens is 3. The molecule has 1 saturated carbocycles. The van der Waals surface area contributed by atoms with Crippen LogP contribution in [0.4, 0.5) is 4.79 Å². The van der Waals surface area contributed by atoms with Gasteiger partial charge in [0, 0.05) is 24.7 Å². The van der Waals surface area contributed by atoms with E-state index in [4.69, 9.17) is 0 Å². The van der Waals surface area contributed by atoms with E-state index in [2.05, 4.69) is 15.6 Å². The average molecular weight is 325 g/mol. The van der Waals surface area contributed by atoms with Crippen LogP contribution in [0.5, 0.6) is 0 Å². The molecule has 2 heterocycles.